The molecule has 80 valence electrons. The van der Waals surface area contributed by atoms with Gasteiger partial charge < -0.3 is 5.32 Å². The Morgan fingerprint density at radius 3 is 2.15 bits per heavy atom. The van der Waals surface area contributed by atoms with Crippen LogP contribution in [0.4, 0.5) is 0 Å². The quantitative estimate of drug-likeness (QED) is 0.540. The summed E-state index contributed by atoms with van der Waals surface area (Å²) < 4.78 is 0. The Balaban J connectivity index is 3.28. The second kappa shape index (κ2) is 10.0. The topological polar surface area (TPSA) is 12.0 Å². The largest absolute Gasteiger partial charge is 0.314 e. The van der Waals surface area contributed by atoms with E-state index in [2.05, 4.69) is 26.1 Å². The molecule has 0 aliphatic rings. The molecule has 13 heavy (non-hydrogen) atoms. The number of unbranched alkanes of at least 4 members (excludes halogenated alkanes) is 3. The second-order valence-corrected chi connectivity index (χ2v) is 3.91. The summed E-state index contributed by atoms with van der Waals surface area (Å²) in [5, 5.41) is 3.63. The molecule has 0 saturated carbocycles. The molecule has 1 N–H and O–H groups in total. The Morgan fingerprint density at radius 2 is 1.62 bits per heavy atom. The minimum atomic E-state index is 0.776. The molecule has 1 atom stereocenters. The van der Waals surface area contributed by atoms with E-state index in [1.807, 2.05) is 0 Å². The summed E-state index contributed by atoms with van der Waals surface area (Å²) in [6.45, 7) is 8.02. The van der Waals surface area contributed by atoms with E-state index in [9.17, 15) is 0 Å². The van der Waals surface area contributed by atoms with E-state index in [4.69, 9.17) is 0 Å². The third-order valence-corrected chi connectivity index (χ3v) is 2.61. The summed E-state index contributed by atoms with van der Waals surface area (Å²) in [6, 6.07) is 0.776. The summed E-state index contributed by atoms with van der Waals surface area (Å²) in [7, 11) is 0. The zero-order valence-corrected chi connectivity index (χ0v) is 9.73. The lowest BCUT2D eigenvalue weighted by Gasteiger charge is -2.16. The van der Waals surface area contributed by atoms with Gasteiger partial charge in [0.1, 0.15) is 0 Å². The van der Waals surface area contributed by atoms with Gasteiger partial charge >= 0.3 is 0 Å². The zero-order valence-electron chi connectivity index (χ0n) is 9.73. The zero-order chi connectivity index (χ0) is 9.94. The molecule has 0 aromatic rings. The van der Waals surface area contributed by atoms with Crippen molar-refractivity contribution < 1.29 is 0 Å². The minimum Gasteiger partial charge on any atom is -0.314 e. The molecule has 0 amide bonds. The van der Waals surface area contributed by atoms with Gasteiger partial charge in [0.25, 0.3) is 0 Å². The molecule has 0 rings (SSSR count). The van der Waals surface area contributed by atoms with Crippen molar-refractivity contribution in [3.8, 4) is 0 Å². The highest BCUT2D eigenvalue weighted by Crippen LogP contribution is 2.06. The highest BCUT2D eigenvalue weighted by atomic mass is 14.9. The molecule has 1 nitrogen and oxygen atoms in total. The van der Waals surface area contributed by atoms with Crippen LogP contribution in [0.25, 0.3) is 0 Å². The fraction of sp³-hybridized carbons (Fsp3) is 1.00. The van der Waals surface area contributed by atoms with E-state index >= 15 is 0 Å². The van der Waals surface area contributed by atoms with Crippen LogP contribution >= 0.6 is 0 Å². The van der Waals surface area contributed by atoms with Crippen molar-refractivity contribution in [2.75, 3.05) is 6.54 Å². The molecule has 0 radical (unpaired) electrons. The van der Waals surface area contributed by atoms with Crippen molar-refractivity contribution in [1.82, 2.24) is 5.32 Å². The average Bonchev–Trinajstić information content (AvgIpc) is 2.16. The number of rotatable bonds is 9. The first-order valence-corrected chi connectivity index (χ1v) is 6.08. The van der Waals surface area contributed by atoms with Gasteiger partial charge in [0.05, 0.1) is 0 Å². The molecule has 0 aliphatic carbocycles. The van der Waals surface area contributed by atoms with Crippen LogP contribution in [0.2, 0.25) is 0 Å². The number of nitrogens with one attached hydrogen (secondary N) is 1. The van der Waals surface area contributed by atoms with Crippen molar-refractivity contribution >= 4 is 0 Å². The van der Waals surface area contributed by atoms with Gasteiger partial charge in [-0.25, -0.2) is 0 Å². The molecule has 1 unspecified atom stereocenters. The number of hydrogen-bond acceptors (Lipinski definition) is 1. The van der Waals surface area contributed by atoms with Gasteiger partial charge in [-0.2, -0.15) is 0 Å². The van der Waals surface area contributed by atoms with Gasteiger partial charge in [0.2, 0.25) is 0 Å². The van der Waals surface area contributed by atoms with Gasteiger partial charge in [0, 0.05) is 6.04 Å². The summed E-state index contributed by atoms with van der Waals surface area (Å²) in [5.41, 5.74) is 0. The second-order valence-electron chi connectivity index (χ2n) is 3.91. The first-order chi connectivity index (χ1) is 6.35. The van der Waals surface area contributed by atoms with Gasteiger partial charge in [0.15, 0.2) is 0 Å². The molecule has 0 saturated heterocycles. The first-order valence-electron chi connectivity index (χ1n) is 6.08. The Hall–Kier alpha value is -0.0400. The monoisotopic (exact) mass is 185 g/mol. The third-order valence-electron chi connectivity index (χ3n) is 2.61. The molecule has 1 heteroatoms. The standard InChI is InChI=1S/C12H27N/c1-4-7-9-10-12(6-3)13-11-8-5-2/h12-13H,4-11H2,1-3H3. The number of hydrogen-bond donors (Lipinski definition) is 1. The Labute approximate surface area is 84.3 Å². The molecule has 0 spiro atoms. The summed E-state index contributed by atoms with van der Waals surface area (Å²) in [4.78, 5) is 0. The molecular weight excluding hydrogens is 158 g/mol. The lowest BCUT2D eigenvalue weighted by Crippen LogP contribution is -2.29. The Morgan fingerprint density at radius 1 is 0.923 bits per heavy atom. The fourth-order valence-electron chi connectivity index (χ4n) is 1.57. The van der Waals surface area contributed by atoms with Gasteiger partial charge in [-0.3, -0.25) is 0 Å². The summed E-state index contributed by atoms with van der Waals surface area (Å²) in [6.07, 6.45) is 9.41. The van der Waals surface area contributed by atoms with Crippen LogP contribution in [0.3, 0.4) is 0 Å². The van der Waals surface area contributed by atoms with Gasteiger partial charge in [-0.05, 0) is 25.8 Å². The maximum atomic E-state index is 3.63. The van der Waals surface area contributed by atoms with E-state index in [1.165, 1.54) is 51.5 Å². The van der Waals surface area contributed by atoms with Crippen molar-refractivity contribution in [2.24, 2.45) is 0 Å². The van der Waals surface area contributed by atoms with E-state index < -0.39 is 0 Å². The van der Waals surface area contributed by atoms with E-state index in [1.54, 1.807) is 0 Å². The van der Waals surface area contributed by atoms with E-state index in [-0.39, 0.29) is 0 Å². The van der Waals surface area contributed by atoms with E-state index in [0.717, 1.165) is 6.04 Å². The maximum absolute atomic E-state index is 3.63. The molecule has 0 heterocycles. The maximum Gasteiger partial charge on any atom is 0.00644 e. The van der Waals surface area contributed by atoms with Gasteiger partial charge in [-0.1, -0.05) is 46.5 Å². The lowest BCUT2D eigenvalue weighted by molar-refractivity contribution is 0.443. The van der Waals surface area contributed by atoms with Gasteiger partial charge in [-0.15, -0.1) is 0 Å². The molecule has 0 aromatic carbocycles. The smallest absolute Gasteiger partial charge is 0.00644 e. The molecule has 0 fully saturated rings. The fourth-order valence-corrected chi connectivity index (χ4v) is 1.57. The van der Waals surface area contributed by atoms with Crippen LogP contribution in [-0.2, 0) is 0 Å². The normalized spacial score (nSPS) is 13.2. The first kappa shape index (κ1) is 13.0. The van der Waals surface area contributed by atoms with Crippen LogP contribution in [0.1, 0.15) is 65.7 Å². The highest BCUT2D eigenvalue weighted by Gasteiger charge is 2.03. The third kappa shape index (κ3) is 8.29. The SMILES string of the molecule is CCCCCC(CC)NCCCC. The minimum absolute atomic E-state index is 0.776. The van der Waals surface area contributed by atoms with Crippen LogP contribution in [0.15, 0.2) is 0 Å². The van der Waals surface area contributed by atoms with Crippen molar-refractivity contribution in [3.05, 3.63) is 0 Å². The molecule has 0 aromatic heterocycles. The molecular formula is C12H27N. The predicted molar refractivity (Wildman–Crippen MR) is 61.1 cm³/mol. The Bertz CT molecular complexity index is 81.1. The van der Waals surface area contributed by atoms with Crippen LogP contribution in [0.5, 0.6) is 0 Å². The van der Waals surface area contributed by atoms with Crippen LogP contribution in [-0.4, -0.2) is 12.6 Å². The summed E-state index contributed by atoms with van der Waals surface area (Å²) >= 11 is 0. The lowest BCUT2D eigenvalue weighted by atomic mass is 10.1. The van der Waals surface area contributed by atoms with Crippen molar-refractivity contribution in [3.63, 3.8) is 0 Å². The predicted octanol–water partition coefficient (Wildman–Crippen LogP) is 3.74. The summed E-state index contributed by atoms with van der Waals surface area (Å²) in [5.74, 6) is 0. The van der Waals surface area contributed by atoms with Crippen LogP contribution in [0, 0.1) is 0 Å². The average molecular weight is 185 g/mol. The molecule has 0 bridgehead atoms. The molecule has 0 aliphatic heterocycles. The highest BCUT2D eigenvalue weighted by molar-refractivity contribution is 4.64. The Kier molecular flexibility index (Phi) is 10.0. The van der Waals surface area contributed by atoms with E-state index in [0.29, 0.717) is 0 Å². The van der Waals surface area contributed by atoms with Crippen molar-refractivity contribution in [1.29, 1.82) is 0 Å². The van der Waals surface area contributed by atoms with Crippen LogP contribution < -0.4 is 5.32 Å². The van der Waals surface area contributed by atoms with Crippen molar-refractivity contribution in [2.45, 2.75) is 71.8 Å².